The van der Waals surface area contributed by atoms with Crippen molar-refractivity contribution < 1.29 is 4.74 Å². The van der Waals surface area contributed by atoms with E-state index in [4.69, 9.17) is 4.74 Å². The minimum Gasteiger partial charge on any atom is -0.378 e. The summed E-state index contributed by atoms with van der Waals surface area (Å²) >= 11 is 0. The molecule has 1 heterocycles. The van der Waals surface area contributed by atoms with Crippen molar-refractivity contribution >= 4 is 5.69 Å². The smallest absolute Gasteiger partial charge is 0.137 e. The molecule has 0 bridgehead atoms. The summed E-state index contributed by atoms with van der Waals surface area (Å²) in [6.45, 7) is 2.23. The highest BCUT2D eigenvalue weighted by Crippen LogP contribution is 2.41. The number of ether oxygens (including phenoxy) is 1. The lowest BCUT2D eigenvalue weighted by atomic mass is 10.0. The van der Waals surface area contributed by atoms with E-state index in [0.717, 1.165) is 0 Å². The molecule has 0 spiro atoms. The van der Waals surface area contributed by atoms with E-state index in [9.17, 15) is 0 Å². The monoisotopic (exact) mass is 296 g/mol. The first kappa shape index (κ1) is 15.1. The Bertz CT molecular complexity index is 609. The second-order valence-electron chi connectivity index (χ2n) is 6.21. The van der Waals surface area contributed by atoms with E-state index >= 15 is 0 Å². The van der Waals surface area contributed by atoms with Gasteiger partial charge in [0, 0.05) is 25.8 Å². The van der Waals surface area contributed by atoms with Crippen LogP contribution in [0.2, 0.25) is 0 Å². The Labute approximate surface area is 133 Å². The van der Waals surface area contributed by atoms with Gasteiger partial charge in [-0.3, -0.25) is 4.90 Å². The van der Waals surface area contributed by atoms with Gasteiger partial charge in [0.05, 0.1) is 0 Å². The van der Waals surface area contributed by atoms with E-state index in [1.165, 1.54) is 16.8 Å². The first-order valence-corrected chi connectivity index (χ1v) is 7.77. The molecule has 22 heavy (non-hydrogen) atoms. The third kappa shape index (κ3) is 2.74. The lowest BCUT2D eigenvalue weighted by Gasteiger charge is -2.22. The molecule has 3 rings (SSSR count). The van der Waals surface area contributed by atoms with Gasteiger partial charge in [0.2, 0.25) is 0 Å². The van der Waals surface area contributed by atoms with Crippen LogP contribution in [0.4, 0.5) is 5.69 Å². The molecule has 0 amide bonds. The first-order chi connectivity index (χ1) is 10.6. The van der Waals surface area contributed by atoms with Gasteiger partial charge in [-0.2, -0.15) is 0 Å². The largest absolute Gasteiger partial charge is 0.378 e. The molecule has 3 nitrogen and oxygen atoms in total. The summed E-state index contributed by atoms with van der Waals surface area (Å²) in [5, 5.41) is 0. The van der Waals surface area contributed by atoms with E-state index in [-0.39, 0.29) is 12.3 Å². The highest BCUT2D eigenvalue weighted by Gasteiger charge is 2.38. The highest BCUT2D eigenvalue weighted by molar-refractivity contribution is 5.46. The normalized spacial score (nSPS) is 25.4. The molecule has 0 aromatic heterocycles. The van der Waals surface area contributed by atoms with Crippen LogP contribution in [0.1, 0.15) is 30.4 Å². The number of anilines is 1. The van der Waals surface area contributed by atoms with Crippen LogP contribution in [0.5, 0.6) is 0 Å². The molecule has 116 valence electrons. The van der Waals surface area contributed by atoms with E-state index in [1.54, 1.807) is 0 Å². The quantitative estimate of drug-likeness (QED) is 0.856. The molecule has 1 saturated heterocycles. The second-order valence-corrected chi connectivity index (χ2v) is 6.21. The SMILES string of the molecule is C[C@@H]1[C@H](c2ccccc2)O[C@H](c2ccc(N(C)C)cc2)N1C. The molecule has 3 heteroatoms. The Hall–Kier alpha value is -1.84. The maximum absolute atomic E-state index is 6.37. The minimum absolute atomic E-state index is 0.0106. The summed E-state index contributed by atoms with van der Waals surface area (Å²) in [7, 11) is 6.25. The van der Waals surface area contributed by atoms with Crippen LogP contribution in [0.3, 0.4) is 0 Å². The fourth-order valence-corrected chi connectivity index (χ4v) is 3.03. The van der Waals surface area contributed by atoms with Crippen molar-refractivity contribution in [2.45, 2.75) is 25.3 Å². The predicted octanol–water partition coefficient (Wildman–Crippen LogP) is 3.84. The average Bonchev–Trinajstić information content (AvgIpc) is 2.84. The number of hydrogen-bond acceptors (Lipinski definition) is 3. The molecule has 3 atom stereocenters. The van der Waals surface area contributed by atoms with E-state index in [2.05, 4.69) is 86.4 Å². The van der Waals surface area contributed by atoms with Crippen molar-refractivity contribution in [3.8, 4) is 0 Å². The summed E-state index contributed by atoms with van der Waals surface area (Å²) in [4.78, 5) is 4.42. The van der Waals surface area contributed by atoms with Crippen molar-refractivity contribution in [3.05, 3.63) is 65.7 Å². The summed E-state index contributed by atoms with van der Waals surface area (Å²) in [6.07, 6.45) is 0.126. The number of nitrogens with zero attached hydrogens (tertiary/aromatic N) is 2. The molecule has 2 aromatic rings. The van der Waals surface area contributed by atoms with E-state index < -0.39 is 0 Å². The molecule has 1 aliphatic rings. The van der Waals surface area contributed by atoms with Crippen molar-refractivity contribution in [1.29, 1.82) is 0 Å². The van der Waals surface area contributed by atoms with E-state index in [0.29, 0.717) is 6.04 Å². The molecule has 0 radical (unpaired) electrons. The van der Waals surface area contributed by atoms with Crippen molar-refractivity contribution in [2.24, 2.45) is 0 Å². The van der Waals surface area contributed by atoms with Gasteiger partial charge < -0.3 is 9.64 Å². The highest BCUT2D eigenvalue weighted by atomic mass is 16.5. The molecule has 0 N–H and O–H groups in total. The molecule has 2 aromatic carbocycles. The van der Waals surface area contributed by atoms with Crippen LogP contribution in [-0.2, 0) is 4.74 Å². The Kier molecular flexibility index (Phi) is 4.19. The van der Waals surface area contributed by atoms with Gasteiger partial charge in [0.25, 0.3) is 0 Å². The topological polar surface area (TPSA) is 15.7 Å². The Morgan fingerprint density at radius 2 is 1.55 bits per heavy atom. The summed E-state index contributed by atoms with van der Waals surface area (Å²) < 4.78 is 6.37. The van der Waals surface area contributed by atoms with Crippen LogP contribution < -0.4 is 4.90 Å². The number of likely N-dealkylation sites (N-methyl/N-ethyl adjacent to an activating group) is 1. The first-order valence-electron chi connectivity index (χ1n) is 7.77. The molecule has 0 saturated carbocycles. The average molecular weight is 296 g/mol. The Morgan fingerprint density at radius 1 is 0.909 bits per heavy atom. The van der Waals surface area contributed by atoms with Gasteiger partial charge in [0.15, 0.2) is 0 Å². The minimum atomic E-state index is 0.0106. The van der Waals surface area contributed by atoms with Crippen molar-refractivity contribution in [1.82, 2.24) is 4.90 Å². The van der Waals surface area contributed by atoms with Crippen LogP contribution in [0, 0.1) is 0 Å². The standard InChI is InChI=1S/C19H24N2O/c1-14-18(15-8-6-5-7-9-15)22-19(21(14)4)16-10-12-17(13-11-16)20(2)3/h5-14,18-19H,1-4H3/t14-,18-,19-/m1/s1. The van der Waals surface area contributed by atoms with Gasteiger partial charge in [-0.05, 0) is 37.2 Å². The zero-order chi connectivity index (χ0) is 15.7. The second kappa shape index (κ2) is 6.11. The number of hydrogen-bond donors (Lipinski definition) is 0. The van der Waals surface area contributed by atoms with Gasteiger partial charge in [-0.25, -0.2) is 0 Å². The van der Waals surface area contributed by atoms with Crippen LogP contribution in [-0.4, -0.2) is 32.1 Å². The third-order valence-corrected chi connectivity index (χ3v) is 4.55. The fourth-order valence-electron chi connectivity index (χ4n) is 3.03. The number of benzene rings is 2. The third-order valence-electron chi connectivity index (χ3n) is 4.55. The molecule has 1 aliphatic heterocycles. The summed E-state index contributed by atoms with van der Waals surface area (Å²) in [5.41, 5.74) is 3.66. The Morgan fingerprint density at radius 3 is 2.14 bits per heavy atom. The maximum atomic E-state index is 6.37. The van der Waals surface area contributed by atoms with Gasteiger partial charge in [0.1, 0.15) is 12.3 Å². The molecule has 0 unspecified atom stereocenters. The van der Waals surface area contributed by atoms with Crippen LogP contribution in [0.15, 0.2) is 54.6 Å². The number of rotatable bonds is 3. The maximum Gasteiger partial charge on any atom is 0.137 e. The van der Waals surface area contributed by atoms with Gasteiger partial charge in [-0.15, -0.1) is 0 Å². The predicted molar refractivity (Wildman–Crippen MR) is 91.0 cm³/mol. The van der Waals surface area contributed by atoms with E-state index in [1.807, 2.05) is 6.07 Å². The molecule has 0 aliphatic carbocycles. The fraction of sp³-hybridized carbons (Fsp3) is 0.368. The molecular weight excluding hydrogens is 272 g/mol. The van der Waals surface area contributed by atoms with Crippen molar-refractivity contribution in [3.63, 3.8) is 0 Å². The van der Waals surface area contributed by atoms with Gasteiger partial charge in [-0.1, -0.05) is 42.5 Å². The van der Waals surface area contributed by atoms with Crippen molar-refractivity contribution in [2.75, 3.05) is 26.0 Å². The summed E-state index contributed by atoms with van der Waals surface area (Å²) in [5.74, 6) is 0. The lowest BCUT2D eigenvalue weighted by molar-refractivity contribution is 0.00561. The molecular formula is C19H24N2O. The van der Waals surface area contributed by atoms with Crippen LogP contribution in [0.25, 0.3) is 0 Å². The van der Waals surface area contributed by atoms with Crippen LogP contribution >= 0.6 is 0 Å². The Balaban J connectivity index is 1.83. The lowest BCUT2D eigenvalue weighted by Crippen LogP contribution is -2.27. The zero-order valence-corrected chi connectivity index (χ0v) is 13.7. The molecule has 1 fully saturated rings. The zero-order valence-electron chi connectivity index (χ0n) is 13.7. The van der Waals surface area contributed by atoms with Gasteiger partial charge >= 0.3 is 0 Å². The summed E-state index contributed by atoms with van der Waals surface area (Å²) in [6, 6.07) is 19.5.